The van der Waals surface area contributed by atoms with Crippen molar-refractivity contribution in [3.8, 4) is 5.75 Å². The Bertz CT molecular complexity index is 1100. The number of carbonyl (C=O) groups excluding carboxylic acids is 1. The second-order valence-electron chi connectivity index (χ2n) is 9.56. The standard InChI is InChI=1S/C30H40FN3O2S/c1-3-4-5-6-7-8-9-10-11-12-19-36-29-27(31)17-14-18-28(29)33-30(35)32-26-16-13-15-25(20-26)22-34-21-24(2)37-23-34/h13-18,20-21,23H,3-12,19,22H2,1-2H3,(H-,32,33,35)/p+1. The number of nitrogens with zero attached hydrogens (tertiary/aromatic N) is 1. The van der Waals surface area contributed by atoms with Gasteiger partial charge in [-0.15, -0.1) is 0 Å². The Hall–Kier alpha value is -2.93. The topological polar surface area (TPSA) is 54.2 Å². The smallest absolute Gasteiger partial charge is 0.323 e. The second kappa shape index (κ2) is 16.0. The molecule has 0 fully saturated rings. The molecule has 0 atom stereocenters. The van der Waals surface area contributed by atoms with Crippen molar-refractivity contribution in [3.63, 3.8) is 0 Å². The van der Waals surface area contributed by atoms with Crippen molar-refractivity contribution in [2.45, 2.75) is 84.6 Å². The van der Waals surface area contributed by atoms with E-state index >= 15 is 0 Å². The Labute approximate surface area is 225 Å². The summed E-state index contributed by atoms with van der Waals surface area (Å²) in [6.45, 7) is 5.47. The highest BCUT2D eigenvalue weighted by Crippen LogP contribution is 2.28. The summed E-state index contributed by atoms with van der Waals surface area (Å²) in [6.07, 6.45) is 14.4. The summed E-state index contributed by atoms with van der Waals surface area (Å²) in [5.74, 6) is -0.387. The average molecular weight is 527 g/mol. The molecular weight excluding hydrogens is 485 g/mol. The number of para-hydroxylation sites is 1. The molecule has 0 bridgehead atoms. The maximum atomic E-state index is 14.5. The van der Waals surface area contributed by atoms with Crippen molar-refractivity contribution in [1.82, 2.24) is 0 Å². The Morgan fingerprint density at radius 1 is 0.946 bits per heavy atom. The first-order valence-electron chi connectivity index (χ1n) is 13.6. The van der Waals surface area contributed by atoms with Gasteiger partial charge in [0.15, 0.2) is 24.3 Å². The lowest BCUT2D eigenvalue weighted by atomic mass is 10.1. The zero-order valence-electron chi connectivity index (χ0n) is 22.2. The van der Waals surface area contributed by atoms with Crippen LogP contribution < -0.4 is 19.9 Å². The van der Waals surface area contributed by atoms with Gasteiger partial charge in [-0.2, -0.15) is 4.57 Å². The number of nitrogens with one attached hydrogen (secondary N) is 2. The summed E-state index contributed by atoms with van der Waals surface area (Å²) < 4.78 is 22.4. The SMILES string of the molecule is CCCCCCCCCCCCOc1c(F)cccc1NC(=O)Nc1cccc(C[n+]2csc(C)c2)c1. The van der Waals surface area contributed by atoms with Crippen LogP contribution in [-0.2, 0) is 6.54 Å². The number of carbonyl (C=O) groups is 1. The van der Waals surface area contributed by atoms with E-state index in [1.165, 1.54) is 62.3 Å². The third-order valence-electron chi connectivity index (χ3n) is 6.23. The van der Waals surface area contributed by atoms with E-state index in [1.54, 1.807) is 23.5 Å². The van der Waals surface area contributed by atoms with E-state index in [2.05, 4.69) is 40.8 Å². The fraction of sp³-hybridized carbons (Fsp3) is 0.467. The van der Waals surface area contributed by atoms with Crippen LogP contribution in [-0.4, -0.2) is 12.6 Å². The van der Waals surface area contributed by atoms with Crippen molar-refractivity contribution >= 4 is 28.7 Å². The zero-order valence-corrected chi connectivity index (χ0v) is 23.0. The van der Waals surface area contributed by atoms with Crippen LogP contribution in [0.25, 0.3) is 0 Å². The molecule has 5 nitrogen and oxygen atoms in total. The number of urea groups is 1. The molecule has 3 rings (SSSR count). The lowest BCUT2D eigenvalue weighted by molar-refractivity contribution is -0.683. The minimum absolute atomic E-state index is 0.0894. The van der Waals surface area contributed by atoms with E-state index in [-0.39, 0.29) is 5.75 Å². The molecule has 2 N–H and O–H groups in total. The molecule has 7 heteroatoms. The van der Waals surface area contributed by atoms with E-state index < -0.39 is 11.8 Å². The maximum Gasteiger partial charge on any atom is 0.323 e. The minimum atomic E-state index is -0.477. The van der Waals surface area contributed by atoms with E-state index in [9.17, 15) is 9.18 Å². The molecule has 2 aromatic carbocycles. The number of aromatic nitrogens is 1. The van der Waals surface area contributed by atoms with Gasteiger partial charge in [-0.3, -0.25) is 0 Å². The Morgan fingerprint density at radius 2 is 1.65 bits per heavy atom. The fourth-order valence-corrected chi connectivity index (χ4v) is 4.92. The molecule has 0 radical (unpaired) electrons. The fourth-order valence-electron chi connectivity index (χ4n) is 4.29. The number of amides is 2. The van der Waals surface area contributed by atoms with E-state index in [0.717, 1.165) is 24.9 Å². The van der Waals surface area contributed by atoms with Gasteiger partial charge < -0.3 is 15.4 Å². The van der Waals surface area contributed by atoms with Crippen molar-refractivity contribution < 1.29 is 18.5 Å². The molecule has 0 aliphatic heterocycles. The van der Waals surface area contributed by atoms with Gasteiger partial charge in [0.25, 0.3) is 0 Å². The van der Waals surface area contributed by atoms with Crippen LogP contribution in [0.5, 0.6) is 5.75 Å². The maximum absolute atomic E-state index is 14.5. The largest absolute Gasteiger partial charge is 0.488 e. The summed E-state index contributed by atoms with van der Waals surface area (Å²) in [5.41, 5.74) is 4.15. The third-order valence-corrected chi connectivity index (χ3v) is 7.08. The predicted molar refractivity (Wildman–Crippen MR) is 151 cm³/mol. The summed E-state index contributed by atoms with van der Waals surface area (Å²) >= 11 is 1.70. The quantitative estimate of drug-likeness (QED) is 0.145. The zero-order chi connectivity index (χ0) is 26.3. The van der Waals surface area contributed by atoms with Crippen molar-refractivity contribution in [3.05, 3.63) is 70.4 Å². The molecule has 0 aliphatic carbocycles. The molecule has 3 aromatic rings. The first-order chi connectivity index (χ1) is 18.0. The monoisotopic (exact) mass is 526 g/mol. The number of benzene rings is 2. The highest BCUT2D eigenvalue weighted by molar-refractivity contribution is 7.09. The van der Waals surface area contributed by atoms with E-state index in [4.69, 9.17) is 4.74 Å². The van der Waals surface area contributed by atoms with Gasteiger partial charge >= 0.3 is 6.03 Å². The molecule has 37 heavy (non-hydrogen) atoms. The number of halogens is 1. The molecule has 1 heterocycles. The minimum Gasteiger partial charge on any atom is -0.488 e. The molecule has 2 amide bonds. The molecule has 200 valence electrons. The van der Waals surface area contributed by atoms with Gasteiger partial charge in [-0.05, 0) is 37.6 Å². The second-order valence-corrected chi connectivity index (χ2v) is 10.7. The highest BCUT2D eigenvalue weighted by Gasteiger charge is 2.13. The molecule has 1 aromatic heterocycles. The first-order valence-corrected chi connectivity index (χ1v) is 14.5. The predicted octanol–water partition coefficient (Wildman–Crippen LogP) is 8.48. The Morgan fingerprint density at radius 3 is 2.35 bits per heavy atom. The molecular formula is C30H41FN3O2S+. The normalized spacial score (nSPS) is 10.9. The molecule has 0 unspecified atom stereocenters. The first kappa shape index (κ1) is 28.6. The molecule has 0 spiro atoms. The number of aryl methyl sites for hydroxylation is 1. The molecule has 0 aliphatic rings. The van der Waals surface area contributed by atoms with Crippen LogP contribution in [0.4, 0.5) is 20.6 Å². The van der Waals surface area contributed by atoms with Gasteiger partial charge in [0, 0.05) is 11.3 Å². The van der Waals surface area contributed by atoms with Gasteiger partial charge in [-0.1, -0.05) is 94.2 Å². The summed E-state index contributed by atoms with van der Waals surface area (Å²) in [4.78, 5) is 13.9. The van der Waals surface area contributed by atoms with Gasteiger partial charge in [0.1, 0.15) is 0 Å². The average Bonchev–Trinajstić information content (AvgIpc) is 3.28. The highest BCUT2D eigenvalue weighted by atomic mass is 32.1. The van der Waals surface area contributed by atoms with Crippen molar-refractivity contribution in [2.24, 2.45) is 0 Å². The van der Waals surface area contributed by atoms with E-state index in [1.807, 2.05) is 24.3 Å². The number of hydrogen-bond donors (Lipinski definition) is 2. The lowest BCUT2D eigenvalue weighted by Gasteiger charge is -2.14. The van der Waals surface area contributed by atoms with Crippen LogP contribution in [0, 0.1) is 12.7 Å². The molecule has 0 saturated carbocycles. The van der Waals surface area contributed by atoms with Gasteiger partial charge in [-0.25, -0.2) is 9.18 Å². The summed E-state index contributed by atoms with van der Waals surface area (Å²) in [5, 5.41) is 5.59. The van der Waals surface area contributed by atoms with Gasteiger partial charge in [0.2, 0.25) is 5.51 Å². The number of anilines is 2. The van der Waals surface area contributed by atoms with Crippen LogP contribution in [0.15, 0.2) is 54.2 Å². The summed E-state index contributed by atoms with van der Waals surface area (Å²) in [6, 6.07) is 11.8. The number of hydrogen-bond acceptors (Lipinski definition) is 3. The number of ether oxygens (including phenoxy) is 1. The van der Waals surface area contributed by atoms with Crippen LogP contribution in [0.3, 0.4) is 0 Å². The number of thiazole rings is 1. The van der Waals surface area contributed by atoms with Crippen molar-refractivity contribution in [2.75, 3.05) is 17.2 Å². The van der Waals surface area contributed by atoms with Gasteiger partial charge in [0.05, 0.1) is 17.2 Å². The van der Waals surface area contributed by atoms with Crippen LogP contribution >= 0.6 is 11.3 Å². The van der Waals surface area contributed by atoms with Crippen LogP contribution in [0.2, 0.25) is 0 Å². The Kier molecular flexibility index (Phi) is 12.4. The third kappa shape index (κ3) is 10.5. The van der Waals surface area contributed by atoms with Crippen LogP contribution in [0.1, 0.15) is 81.6 Å². The number of unbranched alkanes of at least 4 members (excludes halogenated alkanes) is 9. The van der Waals surface area contributed by atoms with Crippen molar-refractivity contribution in [1.29, 1.82) is 0 Å². The lowest BCUT2D eigenvalue weighted by Crippen LogP contribution is -2.30. The van der Waals surface area contributed by atoms with E-state index in [0.29, 0.717) is 18.0 Å². The molecule has 0 saturated heterocycles. The summed E-state index contributed by atoms with van der Waals surface area (Å²) in [7, 11) is 0. The number of rotatable bonds is 16. The Balaban J connectivity index is 1.43.